The molecule has 5 nitrogen and oxygen atoms in total. The molecular formula is C24H34N2O3. The zero-order valence-electron chi connectivity index (χ0n) is 18.0. The molecule has 1 aromatic heterocycles. The molecule has 0 aliphatic heterocycles. The Labute approximate surface area is 174 Å². The Morgan fingerprint density at radius 1 is 0.931 bits per heavy atom. The molecule has 2 aromatic rings. The molecule has 1 unspecified atom stereocenters. The van der Waals surface area contributed by atoms with E-state index in [1.165, 1.54) is 50.5 Å². The van der Waals surface area contributed by atoms with E-state index < -0.39 is 12.1 Å². The van der Waals surface area contributed by atoms with E-state index in [1.807, 2.05) is 31.5 Å². The highest BCUT2D eigenvalue weighted by Crippen LogP contribution is 2.20. The van der Waals surface area contributed by atoms with Crippen molar-refractivity contribution in [3.63, 3.8) is 0 Å². The number of hydrogen-bond donors (Lipinski definition) is 0. The molecule has 0 aliphatic rings. The van der Waals surface area contributed by atoms with Crippen molar-refractivity contribution in [2.24, 2.45) is 0 Å². The third kappa shape index (κ3) is 8.32. The van der Waals surface area contributed by atoms with Crippen LogP contribution in [0, 0.1) is 0 Å². The van der Waals surface area contributed by atoms with Gasteiger partial charge in [0, 0.05) is 24.6 Å². The molecule has 5 heteroatoms. The third-order valence-electron chi connectivity index (χ3n) is 4.85. The molecule has 0 amide bonds. The highest BCUT2D eigenvalue weighted by molar-refractivity contribution is 5.77. The summed E-state index contributed by atoms with van der Waals surface area (Å²) in [5.74, 6) is 0.764. The highest BCUT2D eigenvalue weighted by Gasteiger charge is 2.15. The minimum Gasteiger partial charge on any atom is -0.425 e. The highest BCUT2D eigenvalue weighted by atomic mass is 16.6. The second kappa shape index (κ2) is 13.0. The van der Waals surface area contributed by atoms with E-state index in [1.54, 1.807) is 19.1 Å². The number of ether oxygens (including phenoxy) is 2. The van der Waals surface area contributed by atoms with Crippen molar-refractivity contribution in [2.75, 3.05) is 6.61 Å². The predicted octanol–water partition coefficient (Wildman–Crippen LogP) is 5.77. The van der Waals surface area contributed by atoms with Crippen LogP contribution < -0.4 is 4.74 Å². The second-order valence-electron chi connectivity index (χ2n) is 7.33. The van der Waals surface area contributed by atoms with Gasteiger partial charge < -0.3 is 9.47 Å². The lowest BCUT2D eigenvalue weighted by atomic mass is 10.1. The normalized spacial score (nSPS) is 12.0. The van der Waals surface area contributed by atoms with Crippen molar-refractivity contribution in [3.05, 3.63) is 42.2 Å². The summed E-state index contributed by atoms with van der Waals surface area (Å²) < 4.78 is 10.6. The SMILES string of the molecule is CCCCCCCCCc1cnc(-c2ccc(OC(=O)C(C)OCC)cc2)nc1. The van der Waals surface area contributed by atoms with Crippen LogP contribution in [0.2, 0.25) is 0 Å². The van der Waals surface area contributed by atoms with Crippen LogP contribution in [-0.4, -0.2) is 28.6 Å². The second-order valence-corrected chi connectivity index (χ2v) is 7.33. The average molecular weight is 399 g/mol. The summed E-state index contributed by atoms with van der Waals surface area (Å²) in [6.07, 6.45) is 13.4. The largest absolute Gasteiger partial charge is 0.425 e. The van der Waals surface area contributed by atoms with Crippen LogP contribution in [0.15, 0.2) is 36.7 Å². The lowest BCUT2D eigenvalue weighted by Crippen LogP contribution is -2.25. The number of esters is 1. The van der Waals surface area contributed by atoms with Gasteiger partial charge in [-0.25, -0.2) is 14.8 Å². The summed E-state index contributed by atoms with van der Waals surface area (Å²) >= 11 is 0. The molecule has 0 bridgehead atoms. The first-order valence-corrected chi connectivity index (χ1v) is 10.9. The molecule has 0 N–H and O–H groups in total. The van der Waals surface area contributed by atoms with Gasteiger partial charge in [-0.1, -0.05) is 45.4 Å². The van der Waals surface area contributed by atoms with Gasteiger partial charge in [0.1, 0.15) is 5.75 Å². The molecule has 0 saturated heterocycles. The fourth-order valence-corrected chi connectivity index (χ4v) is 3.11. The zero-order chi connectivity index (χ0) is 20.9. The van der Waals surface area contributed by atoms with Crippen molar-refractivity contribution in [1.82, 2.24) is 9.97 Å². The molecule has 0 saturated carbocycles. The summed E-state index contributed by atoms with van der Waals surface area (Å²) in [7, 11) is 0. The van der Waals surface area contributed by atoms with Gasteiger partial charge in [0.15, 0.2) is 11.9 Å². The molecule has 29 heavy (non-hydrogen) atoms. The van der Waals surface area contributed by atoms with E-state index >= 15 is 0 Å². The van der Waals surface area contributed by atoms with Gasteiger partial charge in [0.05, 0.1) is 0 Å². The number of unbranched alkanes of at least 4 members (excludes halogenated alkanes) is 6. The van der Waals surface area contributed by atoms with E-state index in [-0.39, 0.29) is 0 Å². The molecular weight excluding hydrogens is 364 g/mol. The lowest BCUT2D eigenvalue weighted by Gasteiger charge is -2.11. The lowest BCUT2D eigenvalue weighted by molar-refractivity contribution is -0.145. The molecule has 1 atom stereocenters. The number of carbonyl (C=O) groups excluding carboxylic acids is 1. The third-order valence-corrected chi connectivity index (χ3v) is 4.85. The van der Waals surface area contributed by atoms with Crippen LogP contribution in [0.3, 0.4) is 0 Å². The fourth-order valence-electron chi connectivity index (χ4n) is 3.11. The van der Waals surface area contributed by atoms with Crippen molar-refractivity contribution in [2.45, 2.75) is 78.2 Å². The Balaban J connectivity index is 1.79. The van der Waals surface area contributed by atoms with Crippen LogP contribution in [0.1, 0.15) is 71.3 Å². The molecule has 1 aromatic carbocycles. The molecule has 2 rings (SSSR count). The van der Waals surface area contributed by atoms with Gasteiger partial charge in [-0.15, -0.1) is 0 Å². The van der Waals surface area contributed by atoms with E-state index in [4.69, 9.17) is 9.47 Å². The average Bonchev–Trinajstić information content (AvgIpc) is 2.74. The van der Waals surface area contributed by atoms with Gasteiger partial charge >= 0.3 is 5.97 Å². The maximum atomic E-state index is 11.9. The maximum Gasteiger partial charge on any atom is 0.340 e. The quantitative estimate of drug-likeness (QED) is 0.244. The topological polar surface area (TPSA) is 61.3 Å². The summed E-state index contributed by atoms with van der Waals surface area (Å²) in [5.41, 5.74) is 2.07. The minimum absolute atomic E-state index is 0.398. The number of rotatable bonds is 13. The van der Waals surface area contributed by atoms with Crippen LogP contribution in [0.4, 0.5) is 0 Å². The van der Waals surface area contributed by atoms with Gasteiger partial charge in [-0.05, 0) is 56.5 Å². The Hall–Kier alpha value is -2.27. The van der Waals surface area contributed by atoms with E-state index in [9.17, 15) is 4.79 Å². The number of nitrogens with zero attached hydrogens (tertiary/aromatic N) is 2. The molecule has 1 heterocycles. The van der Waals surface area contributed by atoms with Crippen molar-refractivity contribution < 1.29 is 14.3 Å². The smallest absolute Gasteiger partial charge is 0.340 e. The van der Waals surface area contributed by atoms with Crippen molar-refractivity contribution in [3.8, 4) is 17.1 Å². The zero-order valence-corrected chi connectivity index (χ0v) is 18.0. The number of hydrogen-bond acceptors (Lipinski definition) is 5. The van der Waals surface area contributed by atoms with Gasteiger partial charge in [-0.3, -0.25) is 0 Å². The van der Waals surface area contributed by atoms with Gasteiger partial charge in [0.2, 0.25) is 0 Å². The minimum atomic E-state index is -0.577. The van der Waals surface area contributed by atoms with Crippen molar-refractivity contribution >= 4 is 5.97 Å². The summed E-state index contributed by atoms with van der Waals surface area (Å²) in [6, 6.07) is 7.22. The Morgan fingerprint density at radius 2 is 1.55 bits per heavy atom. The number of benzene rings is 1. The standard InChI is InChI=1S/C24H34N2O3/c1-4-6-7-8-9-10-11-12-20-17-25-23(26-18-20)21-13-15-22(16-14-21)29-24(27)19(3)28-5-2/h13-19H,4-12H2,1-3H3. The number of aromatic nitrogens is 2. The monoisotopic (exact) mass is 398 g/mol. The Morgan fingerprint density at radius 3 is 2.17 bits per heavy atom. The molecule has 0 spiro atoms. The van der Waals surface area contributed by atoms with E-state index in [2.05, 4.69) is 16.9 Å². The first-order chi connectivity index (χ1) is 14.1. The maximum absolute atomic E-state index is 11.9. The van der Waals surface area contributed by atoms with Crippen molar-refractivity contribution in [1.29, 1.82) is 0 Å². The number of carbonyl (C=O) groups is 1. The first kappa shape index (κ1) is 23.0. The van der Waals surface area contributed by atoms with E-state index in [0.29, 0.717) is 18.2 Å². The Kier molecular flexibility index (Phi) is 10.4. The molecule has 0 radical (unpaired) electrons. The summed E-state index contributed by atoms with van der Waals surface area (Å²) in [5, 5.41) is 0. The predicted molar refractivity (Wildman–Crippen MR) is 116 cm³/mol. The molecule has 158 valence electrons. The Bertz CT molecular complexity index is 714. The first-order valence-electron chi connectivity index (χ1n) is 10.9. The van der Waals surface area contributed by atoms with Crippen LogP contribution in [-0.2, 0) is 16.0 Å². The summed E-state index contributed by atoms with van der Waals surface area (Å²) in [6.45, 7) is 6.25. The van der Waals surface area contributed by atoms with Gasteiger partial charge in [-0.2, -0.15) is 0 Å². The molecule has 0 fully saturated rings. The number of aryl methyl sites for hydroxylation is 1. The van der Waals surface area contributed by atoms with Crippen LogP contribution in [0.5, 0.6) is 5.75 Å². The van der Waals surface area contributed by atoms with Gasteiger partial charge in [0.25, 0.3) is 0 Å². The fraction of sp³-hybridized carbons (Fsp3) is 0.542. The van der Waals surface area contributed by atoms with E-state index in [0.717, 1.165) is 12.0 Å². The van der Waals surface area contributed by atoms with Crippen LogP contribution in [0.25, 0.3) is 11.4 Å². The van der Waals surface area contributed by atoms with Crippen LogP contribution >= 0.6 is 0 Å². The molecule has 0 aliphatic carbocycles. The summed E-state index contributed by atoms with van der Waals surface area (Å²) in [4.78, 5) is 20.9.